The van der Waals surface area contributed by atoms with Crippen molar-refractivity contribution in [1.29, 1.82) is 0 Å². The van der Waals surface area contributed by atoms with Gasteiger partial charge >= 0.3 is 0 Å². The lowest BCUT2D eigenvalue weighted by Crippen LogP contribution is -2.27. The number of benzene rings is 2. The molecule has 1 aliphatic heterocycles. The lowest BCUT2D eigenvalue weighted by molar-refractivity contribution is 0.0954. The van der Waals surface area contributed by atoms with Gasteiger partial charge < -0.3 is 20.4 Å². The van der Waals surface area contributed by atoms with Crippen LogP contribution in [0.3, 0.4) is 0 Å². The van der Waals surface area contributed by atoms with Crippen molar-refractivity contribution < 1.29 is 14.3 Å². The Morgan fingerprint density at radius 2 is 2.03 bits per heavy atom. The van der Waals surface area contributed by atoms with Crippen LogP contribution in [0.15, 0.2) is 55.0 Å². The number of carbonyl (C=O) groups excluding carboxylic acids is 2. The van der Waals surface area contributed by atoms with Gasteiger partial charge in [0.1, 0.15) is 5.75 Å². The van der Waals surface area contributed by atoms with E-state index in [0.29, 0.717) is 36.4 Å². The van der Waals surface area contributed by atoms with E-state index < -0.39 is 0 Å². The topological polar surface area (TPSA) is 96.1 Å². The van der Waals surface area contributed by atoms with Gasteiger partial charge in [0, 0.05) is 43.3 Å². The fraction of sp³-hybridized carbons (Fsp3) is 0.227. The van der Waals surface area contributed by atoms with Gasteiger partial charge in [-0.25, -0.2) is 4.98 Å². The minimum absolute atomic E-state index is 0.0218. The number of nitrogens with one attached hydrogen (secondary N) is 3. The van der Waals surface area contributed by atoms with Crippen molar-refractivity contribution >= 4 is 11.8 Å². The minimum Gasteiger partial charge on any atom is -0.491 e. The number of fused-ring (bicyclic) bond motifs is 1. The van der Waals surface area contributed by atoms with E-state index in [1.165, 1.54) is 0 Å². The molecule has 7 heteroatoms. The third-order valence-electron chi connectivity index (χ3n) is 5.04. The highest BCUT2D eigenvalue weighted by Gasteiger charge is 2.31. The molecule has 148 valence electrons. The Balaban J connectivity index is 1.62. The van der Waals surface area contributed by atoms with Gasteiger partial charge in [0.15, 0.2) is 0 Å². The van der Waals surface area contributed by atoms with Gasteiger partial charge in [-0.15, -0.1) is 0 Å². The van der Waals surface area contributed by atoms with E-state index in [4.69, 9.17) is 4.74 Å². The van der Waals surface area contributed by atoms with Gasteiger partial charge in [-0.2, -0.15) is 0 Å². The third-order valence-corrected chi connectivity index (χ3v) is 5.04. The Morgan fingerprint density at radius 1 is 1.21 bits per heavy atom. The van der Waals surface area contributed by atoms with Gasteiger partial charge in [0.2, 0.25) is 0 Å². The maximum atomic E-state index is 12.8. The van der Waals surface area contributed by atoms with E-state index in [0.717, 1.165) is 16.8 Å². The van der Waals surface area contributed by atoms with Crippen molar-refractivity contribution in [3.05, 3.63) is 82.9 Å². The summed E-state index contributed by atoms with van der Waals surface area (Å²) in [7, 11) is 1.56. The number of ether oxygens (including phenoxy) is 1. The zero-order chi connectivity index (χ0) is 20.2. The summed E-state index contributed by atoms with van der Waals surface area (Å²) in [5.74, 6) is 0.0195. The molecule has 1 aromatic heterocycles. The molecule has 0 aliphatic carbocycles. The van der Waals surface area contributed by atoms with Crippen molar-refractivity contribution in [1.82, 2.24) is 20.6 Å². The summed E-state index contributed by atoms with van der Waals surface area (Å²) in [6.07, 6.45) is 4.03. The summed E-state index contributed by atoms with van der Waals surface area (Å²) in [5.41, 5.74) is 3.64. The van der Waals surface area contributed by atoms with E-state index in [9.17, 15) is 9.59 Å². The van der Waals surface area contributed by atoms with Crippen LogP contribution in [-0.4, -0.2) is 42.0 Å². The molecule has 0 bridgehead atoms. The molecule has 0 spiro atoms. The monoisotopic (exact) mass is 390 g/mol. The number of aromatic nitrogens is 2. The first kappa shape index (κ1) is 18.7. The number of aromatic amines is 1. The predicted octanol–water partition coefficient (Wildman–Crippen LogP) is 2.27. The Kier molecular flexibility index (Phi) is 5.29. The second-order valence-electron chi connectivity index (χ2n) is 6.86. The lowest BCUT2D eigenvalue weighted by Gasteiger charge is -2.13. The second-order valence-corrected chi connectivity index (χ2v) is 6.86. The number of nitrogens with zero attached hydrogens (tertiary/aromatic N) is 1. The Labute approximate surface area is 168 Å². The number of hydrogen-bond acceptors (Lipinski definition) is 4. The van der Waals surface area contributed by atoms with Crippen LogP contribution >= 0.6 is 0 Å². The summed E-state index contributed by atoms with van der Waals surface area (Å²) in [6.45, 7) is 0.891. The SMILES string of the molecule is CNC(=O)c1cc(C(=O)NCCc2c[nH]cn2)cc2c1OCC2c1ccccc1. The highest BCUT2D eigenvalue weighted by Crippen LogP contribution is 2.41. The van der Waals surface area contributed by atoms with E-state index in [1.54, 1.807) is 25.6 Å². The molecule has 1 atom stereocenters. The highest BCUT2D eigenvalue weighted by atomic mass is 16.5. The van der Waals surface area contributed by atoms with E-state index >= 15 is 0 Å². The minimum atomic E-state index is -0.277. The summed E-state index contributed by atoms with van der Waals surface area (Å²) in [6, 6.07) is 13.4. The van der Waals surface area contributed by atoms with E-state index in [1.807, 2.05) is 36.4 Å². The molecular formula is C22H22N4O3. The third kappa shape index (κ3) is 3.85. The van der Waals surface area contributed by atoms with Crippen molar-refractivity contribution in [3.8, 4) is 5.75 Å². The molecule has 1 aliphatic rings. The molecule has 3 N–H and O–H groups in total. The number of imidazole rings is 1. The molecule has 1 unspecified atom stereocenters. The standard InChI is InChI=1S/C22H22N4O3/c1-23-22(28)18-10-15(21(27)25-8-7-16-11-24-13-26-16)9-17-19(12-29-20(17)18)14-5-3-2-4-6-14/h2-6,9-11,13,19H,7-8,12H2,1H3,(H,23,28)(H,24,26)(H,25,27). The molecule has 0 saturated heterocycles. The highest BCUT2D eigenvalue weighted by molar-refractivity contribution is 6.02. The summed E-state index contributed by atoms with van der Waals surface area (Å²) in [5, 5.41) is 5.53. The summed E-state index contributed by atoms with van der Waals surface area (Å²) >= 11 is 0. The largest absolute Gasteiger partial charge is 0.491 e. The number of carbonyl (C=O) groups is 2. The van der Waals surface area contributed by atoms with Gasteiger partial charge in [0.25, 0.3) is 11.8 Å². The predicted molar refractivity (Wildman–Crippen MR) is 108 cm³/mol. The second kappa shape index (κ2) is 8.18. The summed E-state index contributed by atoms with van der Waals surface area (Å²) in [4.78, 5) is 32.2. The number of hydrogen-bond donors (Lipinski definition) is 3. The fourth-order valence-corrected chi connectivity index (χ4v) is 3.56. The molecule has 0 saturated carbocycles. The average Bonchev–Trinajstić information content (AvgIpc) is 3.42. The van der Waals surface area contributed by atoms with Crippen LogP contribution in [-0.2, 0) is 6.42 Å². The van der Waals surface area contributed by atoms with Crippen molar-refractivity contribution in [3.63, 3.8) is 0 Å². The van der Waals surface area contributed by atoms with Crippen LogP contribution in [0.4, 0.5) is 0 Å². The Hall–Kier alpha value is -3.61. The number of rotatable bonds is 6. The molecule has 2 heterocycles. The first-order valence-corrected chi connectivity index (χ1v) is 9.51. The zero-order valence-corrected chi connectivity index (χ0v) is 16.1. The first-order valence-electron chi connectivity index (χ1n) is 9.51. The van der Waals surface area contributed by atoms with Gasteiger partial charge in [-0.3, -0.25) is 9.59 Å². The molecule has 2 amide bonds. The van der Waals surface area contributed by atoms with Crippen LogP contribution < -0.4 is 15.4 Å². The smallest absolute Gasteiger partial charge is 0.254 e. The lowest BCUT2D eigenvalue weighted by atomic mass is 9.90. The molecule has 29 heavy (non-hydrogen) atoms. The quantitative estimate of drug-likeness (QED) is 0.602. The normalized spacial score (nSPS) is 14.7. The van der Waals surface area contributed by atoms with Crippen molar-refractivity contribution in [2.75, 3.05) is 20.2 Å². The van der Waals surface area contributed by atoms with Gasteiger partial charge in [0.05, 0.1) is 24.2 Å². The molecule has 0 radical (unpaired) electrons. The zero-order valence-electron chi connectivity index (χ0n) is 16.1. The van der Waals surface area contributed by atoms with Crippen molar-refractivity contribution in [2.24, 2.45) is 0 Å². The molecular weight excluding hydrogens is 368 g/mol. The Bertz CT molecular complexity index is 1020. The summed E-state index contributed by atoms with van der Waals surface area (Å²) < 4.78 is 5.88. The van der Waals surface area contributed by atoms with Crippen LogP contribution in [0.2, 0.25) is 0 Å². The van der Waals surface area contributed by atoms with Crippen LogP contribution in [0.25, 0.3) is 0 Å². The first-order chi connectivity index (χ1) is 14.2. The molecule has 0 fully saturated rings. The van der Waals surface area contributed by atoms with Crippen LogP contribution in [0.5, 0.6) is 5.75 Å². The van der Waals surface area contributed by atoms with Crippen LogP contribution in [0.1, 0.15) is 43.5 Å². The molecule has 7 nitrogen and oxygen atoms in total. The van der Waals surface area contributed by atoms with Crippen LogP contribution in [0, 0.1) is 0 Å². The Morgan fingerprint density at radius 3 is 2.76 bits per heavy atom. The van der Waals surface area contributed by atoms with Crippen molar-refractivity contribution in [2.45, 2.75) is 12.3 Å². The van der Waals surface area contributed by atoms with Gasteiger partial charge in [-0.05, 0) is 17.7 Å². The number of amides is 2. The molecule has 3 aromatic rings. The van der Waals surface area contributed by atoms with Gasteiger partial charge in [-0.1, -0.05) is 30.3 Å². The van der Waals surface area contributed by atoms with E-state index in [-0.39, 0.29) is 17.7 Å². The fourth-order valence-electron chi connectivity index (χ4n) is 3.56. The molecule has 4 rings (SSSR count). The number of H-pyrrole nitrogens is 1. The molecule has 2 aromatic carbocycles. The maximum absolute atomic E-state index is 12.8. The average molecular weight is 390 g/mol. The van der Waals surface area contributed by atoms with E-state index in [2.05, 4.69) is 20.6 Å². The maximum Gasteiger partial charge on any atom is 0.254 e.